The Morgan fingerprint density at radius 1 is 1.12 bits per heavy atom. The second kappa shape index (κ2) is 7.77. The van der Waals surface area contributed by atoms with Crippen molar-refractivity contribution in [1.29, 1.82) is 0 Å². The van der Waals surface area contributed by atoms with E-state index in [1.165, 1.54) is 6.92 Å². The van der Waals surface area contributed by atoms with E-state index in [0.717, 1.165) is 10.8 Å². The Balaban J connectivity index is 1.51. The van der Waals surface area contributed by atoms with Crippen LogP contribution >= 0.6 is 0 Å². The van der Waals surface area contributed by atoms with E-state index in [4.69, 9.17) is 4.84 Å². The predicted molar refractivity (Wildman–Crippen MR) is 96.9 cm³/mol. The lowest BCUT2D eigenvalue weighted by Crippen LogP contribution is -2.38. The van der Waals surface area contributed by atoms with Crippen LogP contribution in [-0.2, 0) is 14.4 Å². The van der Waals surface area contributed by atoms with Gasteiger partial charge in [-0.2, -0.15) is 0 Å². The average molecular weight is 353 g/mol. The summed E-state index contributed by atoms with van der Waals surface area (Å²) < 4.78 is 0. The Morgan fingerprint density at radius 2 is 1.88 bits per heavy atom. The van der Waals surface area contributed by atoms with Crippen LogP contribution in [0.3, 0.4) is 0 Å². The molecule has 1 aliphatic rings. The van der Waals surface area contributed by atoms with Gasteiger partial charge in [0.1, 0.15) is 5.78 Å². The van der Waals surface area contributed by atoms with Crippen molar-refractivity contribution < 1.29 is 19.2 Å². The number of fused-ring (bicyclic) bond motifs is 1. The first kappa shape index (κ1) is 17.6. The quantitative estimate of drug-likeness (QED) is 0.821. The van der Waals surface area contributed by atoms with Gasteiger partial charge >= 0.3 is 0 Å². The van der Waals surface area contributed by atoms with Crippen molar-refractivity contribution in [3.63, 3.8) is 0 Å². The third-order valence-electron chi connectivity index (χ3n) is 4.00. The van der Waals surface area contributed by atoms with Gasteiger partial charge in [-0.3, -0.25) is 14.4 Å². The van der Waals surface area contributed by atoms with Crippen molar-refractivity contribution in [3.05, 3.63) is 48.0 Å². The molecule has 0 saturated heterocycles. The molecule has 1 atom stereocenters. The second-order valence-electron chi connectivity index (χ2n) is 6.12. The van der Waals surface area contributed by atoms with Gasteiger partial charge in [-0.05, 0) is 29.8 Å². The number of rotatable bonds is 6. The van der Waals surface area contributed by atoms with Crippen LogP contribution in [0.25, 0.3) is 10.8 Å². The summed E-state index contributed by atoms with van der Waals surface area (Å²) >= 11 is 0. The number of hydrogen-bond donors (Lipinski definition) is 2. The summed E-state index contributed by atoms with van der Waals surface area (Å²) in [4.78, 5) is 40.1. The number of benzene rings is 2. The molecule has 0 radical (unpaired) electrons. The SMILES string of the molecule is CC(=O)CNC(=O)C1CC(CNC(=O)c2ccc3ccccc3c2)=NO1. The van der Waals surface area contributed by atoms with Crippen LogP contribution in [0.5, 0.6) is 0 Å². The number of nitrogens with zero attached hydrogens (tertiary/aromatic N) is 1. The van der Waals surface area contributed by atoms with Crippen LogP contribution in [-0.4, -0.2) is 42.5 Å². The Bertz CT molecular complexity index is 891. The van der Waals surface area contributed by atoms with Gasteiger partial charge in [-0.15, -0.1) is 0 Å². The number of carbonyl (C=O) groups is 3. The standard InChI is InChI=1S/C19H19N3O4/c1-12(23)10-20-19(25)17-9-16(22-26-17)11-21-18(24)15-7-6-13-4-2-3-5-14(13)8-15/h2-8,17H,9-11H2,1H3,(H,20,25)(H,21,24). The molecule has 2 aromatic carbocycles. The fourth-order valence-corrected chi connectivity index (χ4v) is 2.61. The molecule has 134 valence electrons. The van der Waals surface area contributed by atoms with E-state index in [-0.39, 0.29) is 37.1 Å². The summed E-state index contributed by atoms with van der Waals surface area (Å²) in [5.74, 6) is -0.747. The highest BCUT2D eigenvalue weighted by Gasteiger charge is 2.28. The van der Waals surface area contributed by atoms with Crippen LogP contribution in [0.4, 0.5) is 0 Å². The average Bonchev–Trinajstić information content (AvgIpc) is 3.13. The summed E-state index contributed by atoms with van der Waals surface area (Å²) in [6.07, 6.45) is -0.483. The molecular weight excluding hydrogens is 334 g/mol. The van der Waals surface area contributed by atoms with Crippen molar-refractivity contribution in [1.82, 2.24) is 10.6 Å². The van der Waals surface area contributed by atoms with Crippen LogP contribution in [0, 0.1) is 0 Å². The molecule has 1 heterocycles. The smallest absolute Gasteiger partial charge is 0.264 e. The molecule has 0 bridgehead atoms. The molecule has 0 aromatic heterocycles. The minimum Gasteiger partial charge on any atom is -0.382 e. The lowest BCUT2D eigenvalue weighted by molar-refractivity contribution is -0.132. The maximum atomic E-state index is 12.3. The van der Waals surface area contributed by atoms with Crippen LogP contribution in [0.15, 0.2) is 47.6 Å². The first-order valence-corrected chi connectivity index (χ1v) is 8.28. The topological polar surface area (TPSA) is 96.9 Å². The highest BCUT2D eigenvalue weighted by atomic mass is 16.6. The molecule has 2 N–H and O–H groups in total. The largest absolute Gasteiger partial charge is 0.382 e. The van der Waals surface area contributed by atoms with E-state index in [0.29, 0.717) is 11.3 Å². The molecule has 1 unspecified atom stereocenters. The van der Waals surface area contributed by atoms with Crippen molar-refractivity contribution in [3.8, 4) is 0 Å². The fraction of sp³-hybridized carbons (Fsp3) is 0.263. The van der Waals surface area contributed by atoms with Gasteiger partial charge in [-0.25, -0.2) is 0 Å². The molecule has 2 amide bonds. The van der Waals surface area contributed by atoms with E-state index >= 15 is 0 Å². The van der Waals surface area contributed by atoms with E-state index in [1.807, 2.05) is 36.4 Å². The second-order valence-corrected chi connectivity index (χ2v) is 6.12. The summed E-state index contributed by atoms with van der Waals surface area (Å²) in [7, 11) is 0. The Kier molecular flexibility index (Phi) is 5.26. The lowest BCUT2D eigenvalue weighted by atomic mass is 10.1. The molecule has 3 rings (SSSR count). The van der Waals surface area contributed by atoms with Crippen molar-refractivity contribution in [2.45, 2.75) is 19.4 Å². The zero-order chi connectivity index (χ0) is 18.5. The van der Waals surface area contributed by atoms with Gasteiger partial charge in [-0.1, -0.05) is 35.5 Å². The van der Waals surface area contributed by atoms with E-state index < -0.39 is 6.10 Å². The number of nitrogens with one attached hydrogen (secondary N) is 2. The van der Waals surface area contributed by atoms with Crippen molar-refractivity contribution >= 4 is 34.1 Å². The molecule has 7 heteroatoms. The lowest BCUT2D eigenvalue weighted by Gasteiger charge is -2.08. The van der Waals surface area contributed by atoms with Crippen molar-refractivity contribution in [2.75, 3.05) is 13.1 Å². The summed E-state index contributed by atoms with van der Waals surface area (Å²) in [5, 5.41) is 11.2. The number of hydrogen-bond acceptors (Lipinski definition) is 5. The highest BCUT2D eigenvalue weighted by Crippen LogP contribution is 2.16. The van der Waals surface area contributed by atoms with Gasteiger partial charge in [0.15, 0.2) is 0 Å². The number of amides is 2. The molecule has 26 heavy (non-hydrogen) atoms. The van der Waals surface area contributed by atoms with Gasteiger partial charge in [0, 0.05) is 12.0 Å². The van der Waals surface area contributed by atoms with Gasteiger partial charge in [0.2, 0.25) is 6.10 Å². The summed E-state index contributed by atoms with van der Waals surface area (Å²) in [5.41, 5.74) is 1.13. The zero-order valence-electron chi connectivity index (χ0n) is 14.3. The molecule has 1 aliphatic heterocycles. The monoisotopic (exact) mass is 353 g/mol. The van der Waals surface area contributed by atoms with Crippen molar-refractivity contribution in [2.24, 2.45) is 5.16 Å². The third-order valence-corrected chi connectivity index (χ3v) is 4.00. The third kappa shape index (κ3) is 4.24. The fourth-order valence-electron chi connectivity index (χ4n) is 2.61. The van der Waals surface area contributed by atoms with E-state index in [9.17, 15) is 14.4 Å². The zero-order valence-corrected chi connectivity index (χ0v) is 14.3. The first-order chi connectivity index (χ1) is 12.5. The molecule has 0 saturated carbocycles. The molecule has 0 fully saturated rings. The normalized spacial score (nSPS) is 15.9. The number of carbonyl (C=O) groups excluding carboxylic acids is 3. The van der Waals surface area contributed by atoms with E-state index in [1.54, 1.807) is 6.07 Å². The predicted octanol–water partition coefficient (Wildman–Crippen LogP) is 1.42. The Hall–Kier alpha value is -3.22. The maximum Gasteiger partial charge on any atom is 0.264 e. The molecular formula is C19H19N3O4. The highest BCUT2D eigenvalue weighted by molar-refractivity contribution is 6.01. The summed E-state index contributed by atoms with van der Waals surface area (Å²) in [6.45, 7) is 1.55. The molecule has 2 aromatic rings. The molecule has 0 spiro atoms. The summed E-state index contributed by atoms with van der Waals surface area (Å²) in [6, 6.07) is 13.3. The Labute approximate surface area is 150 Å². The van der Waals surface area contributed by atoms with Crippen LogP contribution in [0.2, 0.25) is 0 Å². The van der Waals surface area contributed by atoms with Crippen LogP contribution in [0.1, 0.15) is 23.7 Å². The van der Waals surface area contributed by atoms with Gasteiger partial charge < -0.3 is 15.5 Å². The van der Waals surface area contributed by atoms with E-state index in [2.05, 4.69) is 15.8 Å². The van der Waals surface area contributed by atoms with Gasteiger partial charge in [0.05, 0.1) is 18.8 Å². The van der Waals surface area contributed by atoms with Crippen LogP contribution < -0.4 is 10.6 Å². The minimum atomic E-state index is -0.762. The maximum absolute atomic E-state index is 12.3. The molecule has 0 aliphatic carbocycles. The Morgan fingerprint density at radius 3 is 2.65 bits per heavy atom. The van der Waals surface area contributed by atoms with Gasteiger partial charge in [0.25, 0.3) is 11.8 Å². The number of Topliss-reactive ketones (excluding diaryl/α,β-unsaturated/α-hetero) is 1. The number of oxime groups is 1. The number of ketones is 1. The molecule has 7 nitrogen and oxygen atoms in total. The minimum absolute atomic E-state index is 0.0350. The first-order valence-electron chi connectivity index (χ1n) is 8.28.